The highest BCUT2D eigenvalue weighted by Crippen LogP contribution is 2.10. The summed E-state index contributed by atoms with van der Waals surface area (Å²) in [4.78, 5) is 22.8. The molecule has 0 aliphatic rings. The van der Waals surface area contributed by atoms with Gasteiger partial charge in [0, 0.05) is 5.02 Å². The summed E-state index contributed by atoms with van der Waals surface area (Å²) in [5.41, 5.74) is 0.801. The van der Waals surface area contributed by atoms with Crippen LogP contribution in [0.25, 0.3) is 0 Å². The molecule has 104 valence electrons. The average molecular weight is 284 g/mol. The minimum absolute atomic E-state index is 0.152. The molecule has 5 heteroatoms. The Kier molecular flexibility index (Phi) is 5.83. The largest absolute Gasteiger partial charge is 0.480 e. The molecule has 0 bridgehead atoms. The van der Waals surface area contributed by atoms with E-state index in [9.17, 15) is 9.59 Å². The molecule has 0 aliphatic carbocycles. The summed E-state index contributed by atoms with van der Waals surface area (Å²) in [7, 11) is 0. The van der Waals surface area contributed by atoms with E-state index in [0.29, 0.717) is 11.4 Å². The number of nitrogens with one attached hydrogen (secondary N) is 1. The Hall–Kier alpha value is -1.55. The molecule has 1 unspecified atom stereocenters. The summed E-state index contributed by atoms with van der Waals surface area (Å²) in [6, 6.07) is 6.07. The van der Waals surface area contributed by atoms with E-state index in [2.05, 4.69) is 5.32 Å². The van der Waals surface area contributed by atoms with Crippen molar-refractivity contribution in [2.75, 3.05) is 0 Å². The first-order valence-electron chi connectivity index (χ1n) is 6.15. The van der Waals surface area contributed by atoms with Crippen molar-refractivity contribution in [3.63, 3.8) is 0 Å². The number of amides is 1. The second-order valence-corrected chi connectivity index (χ2v) is 5.33. The van der Waals surface area contributed by atoms with Crippen LogP contribution in [-0.2, 0) is 16.0 Å². The van der Waals surface area contributed by atoms with Crippen molar-refractivity contribution >= 4 is 23.5 Å². The topological polar surface area (TPSA) is 66.4 Å². The van der Waals surface area contributed by atoms with Crippen LogP contribution in [0.3, 0.4) is 0 Å². The fraction of sp³-hybridized carbons (Fsp3) is 0.429. The van der Waals surface area contributed by atoms with Gasteiger partial charge in [-0.15, -0.1) is 0 Å². The molecule has 1 rings (SSSR count). The predicted octanol–water partition coefficient (Wildman–Crippen LogP) is 2.50. The van der Waals surface area contributed by atoms with Crippen LogP contribution in [-0.4, -0.2) is 23.0 Å². The molecule has 1 aromatic carbocycles. The van der Waals surface area contributed by atoms with Crippen LogP contribution >= 0.6 is 11.6 Å². The number of carboxylic acid groups (broad SMARTS) is 1. The number of halogens is 1. The molecule has 19 heavy (non-hydrogen) atoms. The van der Waals surface area contributed by atoms with E-state index >= 15 is 0 Å². The van der Waals surface area contributed by atoms with Crippen molar-refractivity contribution < 1.29 is 14.7 Å². The SMILES string of the molecule is CC(C)CC(NC(=O)Cc1ccc(Cl)cc1)C(=O)O. The number of hydrogen-bond acceptors (Lipinski definition) is 2. The van der Waals surface area contributed by atoms with Gasteiger partial charge >= 0.3 is 5.97 Å². The molecule has 4 nitrogen and oxygen atoms in total. The van der Waals surface area contributed by atoms with E-state index in [1.165, 1.54) is 0 Å². The summed E-state index contributed by atoms with van der Waals surface area (Å²) in [5.74, 6) is -1.09. The third kappa shape index (κ3) is 5.75. The van der Waals surface area contributed by atoms with Gasteiger partial charge in [-0.2, -0.15) is 0 Å². The molecule has 1 atom stereocenters. The summed E-state index contributed by atoms with van der Waals surface area (Å²) in [5, 5.41) is 12.2. The second-order valence-electron chi connectivity index (χ2n) is 4.89. The highest BCUT2D eigenvalue weighted by atomic mass is 35.5. The molecular formula is C14H18ClNO3. The van der Waals surface area contributed by atoms with Gasteiger partial charge in [0.05, 0.1) is 6.42 Å². The maximum Gasteiger partial charge on any atom is 0.326 e. The van der Waals surface area contributed by atoms with Crippen LogP contribution in [0, 0.1) is 5.92 Å². The van der Waals surface area contributed by atoms with Crippen LogP contribution in [0.4, 0.5) is 0 Å². The fourth-order valence-electron chi connectivity index (χ4n) is 1.73. The highest BCUT2D eigenvalue weighted by Gasteiger charge is 2.20. The number of rotatable bonds is 6. The average Bonchev–Trinajstić information content (AvgIpc) is 2.30. The normalized spacial score (nSPS) is 12.2. The Balaban J connectivity index is 2.57. The zero-order chi connectivity index (χ0) is 14.4. The van der Waals surface area contributed by atoms with E-state index < -0.39 is 12.0 Å². The zero-order valence-corrected chi connectivity index (χ0v) is 11.8. The number of benzene rings is 1. The van der Waals surface area contributed by atoms with Gasteiger partial charge in [0.15, 0.2) is 0 Å². The van der Waals surface area contributed by atoms with Crippen LogP contribution < -0.4 is 5.32 Å². The maximum absolute atomic E-state index is 11.8. The minimum Gasteiger partial charge on any atom is -0.480 e. The Bertz CT molecular complexity index is 443. The summed E-state index contributed by atoms with van der Waals surface area (Å²) in [6.45, 7) is 3.84. The Morgan fingerprint density at radius 3 is 2.32 bits per heavy atom. The molecule has 0 saturated carbocycles. The number of carbonyl (C=O) groups is 2. The molecule has 2 N–H and O–H groups in total. The van der Waals surface area contributed by atoms with Crippen molar-refractivity contribution in [2.24, 2.45) is 5.92 Å². The maximum atomic E-state index is 11.8. The molecule has 0 radical (unpaired) electrons. The van der Waals surface area contributed by atoms with Crippen LogP contribution in [0.5, 0.6) is 0 Å². The first-order valence-corrected chi connectivity index (χ1v) is 6.53. The van der Waals surface area contributed by atoms with Crippen molar-refractivity contribution in [3.05, 3.63) is 34.9 Å². The lowest BCUT2D eigenvalue weighted by Crippen LogP contribution is -2.42. The number of hydrogen-bond donors (Lipinski definition) is 2. The number of carbonyl (C=O) groups excluding carboxylic acids is 1. The smallest absolute Gasteiger partial charge is 0.326 e. The van der Waals surface area contributed by atoms with Gasteiger partial charge in [0.2, 0.25) is 5.91 Å². The summed E-state index contributed by atoms with van der Waals surface area (Å²) in [6.07, 6.45) is 0.570. The van der Waals surface area contributed by atoms with Gasteiger partial charge in [-0.05, 0) is 30.0 Å². The molecule has 0 aliphatic heterocycles. The zero-order valence-electron chi connectivity index (χ0n) is 11.0. The van der Waals surface area contributed by atoms with Gasteiger partial charge in [-0.3, -0.25) is 4.79 Å². The molecule has 0 saturated heterocycles. The number of carboxylic acids is 1. The fourth-order valence-corrected chi connectivity index (χ4v) is 1.85. The predicted molar refractivity (Wildman–Crippen MR) is 74.2 cm³/mol. The molecular weight excluding hydrogens is 266 g/mol. The molecule has 0 spiro atoms. The lowest BCUT2D eigenvalue weighted by atomic mass is 10.0. The first kappa shape index (κ1) is 15.5. The van der Waals surface area contributed by atoms with Crippen LogP contribution in [0.2, 0.25) is 5.02 Å². The highest BCUT2D eigenvalue weighted by molar-refractivity contribution is 6.30. The van der Waals surface area contributed by atoms with E-state index in [0.717, 1.165) is 5.56 Å². The second kappa shape index (κ2) is 7.14. The van der Waals surface area contributed by atoms with Crippen LogP contribution in [0.15, 0.2) is 24.3 Å². The van der Waals surface area contributed by atoms with Gasteiger partial charge < -0.3 is 10.4 Å². The standard InChI is InChI=1S/C14H18ClNO3/c1-9(2)7-12(14(18)19)16-13(17)8-10-3-5-11(15)6-4-10/h3-6,9,12H,7-8H2,1-2H3,(H,16,17)(H,18,19). The Labute approximate surface area is 117 Å². The first-order chi connectivity index (χ1) is 8.88. The van der Waals surface area contributed by atoms with E-state index in [4.69, 9.17) is 16.7 Å². The van der Waals surface area contributed by atoms with Crippen molar-refractivity contribution in [3.8, 4) is 0 Å². The minimum atomic E-state index is -1.00. The molecule has 0 heterocycles. The third-order valence-corrected chi connectivity index (χ3v) is 2.87. The van der Waals surface area contributed by atoms with Gasteiger partial charge in [-0.1, -0.05) is 37.6 Å². The van der Waals surface area contributed by atoms with Gasteiger partial charge in [0.1, 0.15) is 6.04 Å². The van der Waals surface area contributed by atoms with E-state index in [1.54, 1.807) is 24.3 Å². The van der Waals surface area contributed by atoms with Gasteiger partial charge in [-0.25, -0.2) is 4.79 Å². The Morgan fingerprint density at radius 2 is 1.84 bits per heavy atom. The molecule has 0 aromatic heterocycles. The lowest BCUT2D eigenvalue weighted by molar-refractivity contribution is -0.142. The lowest BCUT2D eigenvalue weighted by Gasteiger charge is -2.16. The van der Waals surface area contributed by atoms with E-state index in [1.807, 2.05) is 13.8 Å². The molecule has 0 fully saturated rings. The van der Waals surface area contributed by atoms with Crippen molar-refractivity contribution in [1.29, 1.82) is 0 Å². The third-order valence-electron chi connectivity index (χ3n) is 2.62. The molecule has 1 amide bonds. The monoisotopic (exact) mass is 283 g/mol. The van der Waals surface area contributed by atoms with Crippen LogP contribution in [0.1, 0.15) is 25.8 Å². The number of aliphatic carboxylic acids is 1. The Morgan fingerprint density at radius 1 is 1.26 bits per heavy atom. The summed E-state index contributed by atoms with van der Waals surface area (Å²) >= 11 is 5.75. The molecule has 1 aromatic rings. The van der Waals surface area contributed by atoms with Gasteiger partial charge in [0.25, 0.3) is 0 Å². The van der Waals surface area contributed by atoms with Crippen molar-refractivity contribution in [2.45, 2.75) is 32.7 Å². The quantitative estimate of drug-likeness (QED) is 0.843. The van der Waals surface area contributed by atoms with E-state index in [-0.39, 0.29) is 18.2 Å². The summed E-state index contributed by atoms with van der Waals surface area (Å²) < 4.78 is 0. The van der Waals surface area contributed by atoms with Crippen molar-refractivity contribution in [1.82, 2.24) is 5.32 Å².